The summed E-state index contributed by atoms with van der Waals surface area (Å²) < 4.78 is 67.3. The van der Waals surface area contributed by atoms with E-state index >= 15 is 0 Å². The Morgan fingerprint density at radius 2 is 1.56 bits per heavy atom. The molecule has 0 atom stereocenters. The molecule has 1 aliphatic rings. The molecule has 0 radical (unpaired) electrons. The first-order valence-electron chi connectivity index (χ1n) is 13.1. The number of aromatic nitrogens is 1. The van der Waals surface area contributed by atoms with E-state index in [1.54, 1.807) is 12.1 Å². The summed E-state index contributed by atoms with van der Waals surface area (Å²) in [5, 5.41) is 2.80. The number of thiazole rings is 1. The Morgan fingerprint density at radius 3 is 2.28 bits per heavy atom. The fourth-order valence-electron chi connectivity index (χ4n) is 4.74. The van der Waals surface area contributed by atoms with E-state index in [2.05, 4.69) is 0 Å². The van der Waals surface area contributed by atoms with Crippen LogP contribution in [-0.2, 0) is 26.8 Å². The molecule has 5 rings (SSSR count). The summed E-state index contributed by atoms with van der Waals surface area (Å²) in [6.45, 7) is 0.677. The fourth-order valence-corrected chi connectivity index (χ4v) is 8.30. The van der Waals surface area contributed by atoms with E-state index in [1.807, 2.05) is 76.2 Å². The first-order chi connectivity index (χ1) is 20.4. The van der Waals surface area contributed by atoms with Crippen LogP contribution in [0.4, 0.5) is 5.69 Å². The largest absolute Gasteiger partial charge is 0.335 e. The second-order valence-electron chi connectivity index (χ2n) is 9.80. The molecule has 0 spiro atoms. The third-order valence-electron chi connectivity index (χ3n) is 6.62. The molecule has 1 aliphatic heterocycles. The molecule has 43 heavy (non-hydrogen) atoms. The van der Waals surface area contributed by atoms with Gasteiger partial charge in [0.1, 0.15) is 4.70 Å². The number of halogens is 2. The molecule has 1 aromatic heterocycles. The van der Waals surface area contributed by atoms with Gasteiger partial charge in [-0.2, -0.15) is 21.4 Å². The van der Waals surface area contributed by atoms with Gasteiger partial charge < -0.3 is 4.90 Å². The Kier molecular flexibility index (Phi) is 9.89. The number of benzene rings is 3. The lowest BCUT2D eigenvalue weighted by molar-refractivity contribution is -0.668. The van der Waals surface area contributed by atoms with Crippen molar-refractivity contribution >= 4 is 94.1 Å². The maximum atomic E-state index is 11.4. The number of hydrogen-bond donors (Lipinski definition) is 2. The highest BCUT2D eigenvalue weighted by atomic mass is 35.5. The van der Waals surface area contributed by atoms with Crippen molar-refractivity contribution in [1.29, 1.82) is 0 Å². The van der Waals surface area contributed by atoms with Crippen LogP contribution in [0.15, 0.2) is 82.7 Å². The Hall–Kier alpha value is -2.42. The monoisotopic (exact) mass is 697 g/mol. The smallest absolute Gasteiger partial charge is 0.265 e. The summed E-state index contributed by atoms with van der Waals surface area (Å²) in [7, 11) is -8.24. The van der Waals surface area contributed by atoms with Crippen LogP contribution in [0, 0.1) is 0 Å². The molecule has 0 saturated heterocycles. The molecule has 2 heterocycles. The molecule has 0 unspecified atom stereocenters. The molecule has 0 amide bonds. The van der Waals surface area contributed by atoms with Crippen molar-refractivity contribution in [3.05, 3.63) is 98.5 Å². The Labute approximate surface area is 268 Å². The van der Waals surface area contributed by atoms with Gasteiger partial charge in [0.2, 0.25) is 5.52 Å². The predicted octanol–water partition coefficient (Wildman–Crippen LogP) is 7.05. The molecule has 0 fully saturated rings. The number of thioether (sulfide) groups is 1. The minimum Gasteiger partial charge on any atom is -0.335 e. The zero-order valence-corrected chi connectivity index (χ0v) is 27.3. The number of allylic oxidation sites excluding steroid dienone is 2. The van der Waals surface area contributed by atoms with Gasteiger partial charge in [0.05, 0.1) is 22.2 Å². The van der Waals surface area contributed by atoms with E-state index in [-0.39, 0.29) is 24.3 Å². The van der Waals surface area contributed by atoms with E-state index in [9.17, 15) is 25.9 Å². The molecule has 8 nitrogen and oxygen atoms in total. The Bertz CT molecular complexity index is 1940. The van der Waals surface area contributed by atoms with Crippen molar-refractivity contribution in [1.82, 2.24) is 0 Å². The average molecular weight is 699 g/mol. The van der Waals surface area contributed by atoms with Crippen LogP contribution in [-0.4, -0.2) is 44.0 Å². The highest BCUT2D eigenvalue weighted by molar-refractivity contribution is 8.03. The van der Waals surface area contributed by atoms with Gasteiger partial charge in [0.25, 0.3) is 25.2 Å². The standard InChI is InChI=1S/C29H26Cl2N2O6S4/c30-22-8-10-26-24(18-22)32(12-4-14-42(34,35)36)28(40-26)16-21(20-6-2-1-3-7-20)17-29-33(13-5-15-43(37,38)39)25-19-23(31)9-11-27(25)41-29/h1-3,6-11,16-19H,4-5,12-15H2,(H-,34,35,36,37,38,39)/p+1. The van der Waals surface area contributed by atoms with E-state index < -0.39 is 20.2 Å². The van der Waals surface area contributed by atoms with Crippen LogP contribution in [0.2, 0.25) is 10.0 Å². The summed E-state index contributed by atoms with van der Waals surface area (Å²) >= 11 is 15.7. The van der Waals surface area contributed by atoms with Crippen molar-refractivity contribution in [3.8, 4) is 0 Å². The van der Waals surface area contributed by atoms with Gasteiger partial charge in [-0.1, -0.05) is 76.6 Å². The van der Waals surface area contributed by atoms with Gasteiger partial charge in [-0.15, -0.1) is 0 Å². The lowest BCUT2D eigenvalue weighted by Gasteiger charge is -2.21. The third-order valence-corrected chi connectivity index (χ3v) is 10.9. The molecule has 226 valence electrons. The van der Waals surface area contributed by atoms with Gasteiger partial charge in [0, 0.05) is 40.0 Å². The Morgan fingerprint density at radius 1 is 0.884 bits per heavy atom. The number of nitrogens with zero attached hydrogens (tertiary/aromatic N) is 2. The molecule has 4 aromatic rings. The van der Waals surface area contributed by atoms with Crippen LogP contribution >= 0.6 is 46.3 Å². The first-order valence-corrected chi connectivity index (χ1v) is 18.7. The SMILES string of the molecule is O=S(=O)(O)CCCN1C(=CC(=Cc2sc3ccc(Cl)cc3[n+]2CCCS(=O)(=O)O)c2ccccc2)Sc2ccc(Cl)cc21. The maximum Gasteiger partial charge on any atom is 0.265 e. The van der Waals surface area contributed by atoms with Crippen LogP contribution < -0.4 is 9.47 Å². The minimum atomic E-state index is -4.12. The quantitative estimate of drug-likeness (QED) is 0.127. The lowest BCUT2D eigenvalue weighted by atomic mass is 10.1. The fraction of sp³-hybridized carbons (Fsp3) is 0.207. The summed E-state index contributed by atoms with van der Waals surface area (Å²) in [6, 6.07) is 20.9. The molecule has 0 bridgehead atoms. The van der Waals surface area contributed by atoms with Gasteiger partial charge >= 0.3 is 0 Å². The minimum absolute atomic E-state index is 0.206. The summed E-state index contributed by atoms with van der Waals surface area (Å²) in [5.41, 5.74) is 3.50. The average Bonchev–Trinajstić information content (AvgIpc) is 3.44. The summed E-state index contributed by atoms with van der Waals surface area (Å²) in [6.07, 6.45) is 4.47. The highest BCUT2D eigenvalue weighted by Gasteiger charge is 2.27. The number of rotatable bonds is 11. The van der Waals surface area contributed by atoms with Crippen LogP contribution in [0.25, 0.3) is 21.9 Å². The van der Waals surface area contributed by atoms with E-state index in [4.69, 9.17) is 23.2 Å². The van der Waals surface area contributed by atoms with Gasteiger partial charge in [-0.25, -0.2) is 0 Å². The zero-order chi connectivity index (χ0) is 30.8. The third kappa shape index (κ3) is 8.40. The van der Waals surface area contributed by atoms with Crippen molar-refractivity contribution < 1.29 is 30.5 Å². The number of hydrogen-bond acceptors (Lipinski definition) is 7. The topological polar surface area (TPSA) is 116 Å². The van der Waals surface area contributed by atoms with Crippen LogP contribution in [0.5, 0.6) is 0 Å². The van der Waals surface area contributed by atoms with Gasteiger partial charge in [-0.05, 0) is 54.0 Å². The molecule has 3 aromatic carbocycles. The molecule has 0 aliphatic carbocycles. The van der Waals surface area contributed by atoms with E-state index in [0.29, 0.717) is 23.1 Å². The van der Waals surface area contributed by atoms with Crippen LogP contribution in [0.1, 0.15) is 23.4 Å². The maximum absolute atomic E-state index is 11.4. The van der Waals surface area contributed by atoms with E-state index in [0.717, 1.165) is 42.0 Å². The van der Waals surface area contributed by atoms with E-state index in [1.165, 1.54) is 23.1 Å². The predicted molar refractivity (Wildman–Crippen MR) is 176 cm³/mol. The normalized spacial score (nSPS) is 15.0. The number of aryl methyl sites for hydroxylation is 1. The summed E-state index contributed by atoms with van der Waals surface area (Å²) in [5.74, 6) is -0.737. The summed E-state index contributed by atoms with van der Waals surface area (Å²) in [4.78, 5) is 2.96. The second-order valence-corrected chi connectivity index (χ2v) is 15.9. The lowest BCUT2D eigenvalue weighted by Crippen LogP contribution is -2.36. The molecule has 2 N–H and O–H groups in total. The van der Waals surface area contributed by atoms with Crippen molar-refractivity contribution in [2.24, 2.45) is 0 Å². The molecule has 0 saturated carbocycles. The Balaban J connectivity index is 1.61. The first kappa shape index (κ1) is 32.0. The second kappa shape index (κ2) is 13.3. The van der Waals surface area contributed by atoms with Gasteiger partial charge in [-0.3, -0.25) is 9.11 Å². The molecular formula is C29H27Cl2N2O6S4+. The number of anilines is 1. The van der Waals surface area contributed by atoms with Crippen molar-refractivity contribution in [3.63, 3.8) is 0 Å². The zero-order valence-electron chi connectivity index (χ0n) is 22.6. The number of fused-ring (bicyclic) bond motifs is 2. The van der Waals surface area contributed by atoms with Crippen LogP contribution in [0.3, 0.4) is 0 Å². The van der Waals surface area contributed by atoms with Crippen molar-refractivity contribution in [2.75, 3.05) is 23.0 Å². The molecule has 14 heteroatoms. The van der Waals surface area contributed by atoms with Crippen molar-refractivity contribution in [2.45, 2.75) is 24.3 Å². The molecular weight excluding hydrogens is 672 g/mol. The highest BCUT2D eigenvalue weighted by Crippen LogP contribution is 2.48. The van der Waals surface area contributed by atoms with Gasteiger partial charge in [0.15, 0.2) is 6.54 Å².